The summed E-state index contributed by atoms with van der Waals surface area (Å²) in [7, 11) is 1.62. The molecule has 0 amide bonds. The molecule has 0 aliphatic carbocycles. The summed E-state index contributed by atoms with van der Waals surface area (Å²) in [6, 6.07) is 30.8. The van der Waals surface area contributed by atoms with Gasteiger partial charge in [-0.2, -0.15) is 0 Å². The van der Waals surface area contributed by atoms with E-state index in [-0.39, 0.29) is 24.7 Å². The average molecular weight is 424 g/mol. The third-order valence-corrected chi connectivity index (χ3v) is 5.51. The fraction of sp³-hybridized carbons (Fsp3) is 0.143. The molecule has 0 saturated heterocycles. The maximum absolute atomic E-state index is 12.6. The molecule has 4 aromatic carbocycles. The van der Waals surface area contributed by atoms with Crippen LogP contribution in [0, 0.1) is 0 Å². The molecule has 0 bridgehead atoms. The maximum atomic E-state index is 12.6. The number of hydrogen-bond acceptors (Lipinski definition) is 4. The molecule has 0 N–H and O–H groups in total. The van der Waals surface area contributed by atoms with Gasteiger partial charge in [0, 0.05) is 11.5 Å². The predicted octanol–water partition coefficient (Wildman–Crippen LogP) is 5.80. The lowest BCUT2D eigenvalue weighted by Crippen LogP contribution is -2.17. The molecular formula is C28H24O4. The number of carbonyl (C=O) groups is 2. The van der Waals surface area contributed by atoms with Crippen LogP contribution in [0.3, 0.4) is 0 Å². The van der Waals surface area contributed by atoms with Gasteiger partial charge in [0.2, 0.25) is 0 Å². The lowest BCUT2D eigenvalue weighted by molar-refractivity contribution is -0.142. The number of esters is 1. The van der Waals surface area contributed by atoms with Crippen LogP contribution in [0.2, 0.25) is 0 Å². The number of fused-ring (bicyclic) bond motifs is 1. The summed E-state index contributed by atoms with van der Waals surface area (Å²) in [4.78, 5) is 25.3. The topological polar surface area (TPSA) is 52.6 Å². The van der Waals surface area contributed by atoms with Gasteiger partial charge in [0.05, 0.1) is 13.5 Å². The molecule has 0 saturated carbocycles. The van der Waals surface area contributed by atoms with Crippen molar-refractivity contribution in [2.45, 2.75) is 12.3 Å². The van der Waals surface area contributed by atoms with Crippen LogP contribution in [0.25, 0.3) is 10.8 Å². The number of ether oxygens (including phenoxy) is 2. The molecule has 160 valence electrons. The van der Waals surface area contributed by atoms with E-state index in [4.69, 9.17) is 9.47 Å². The van der Waals surface area contributed by atoms with Crippen molar-refractivity contribution in [1.82, 2.24) is 0 Å². The zero-order chi connectivity index (χ0) is 22.3. The van der Waals surface area contributed by atoms with Gasteiger partial charge in [0.1, 0.15) is 5.75 Å². The number of rotatable bonds is 8. The summed E-state index contributed by atoms with van der Waals surface area (Å²) in [5.41, 5.74) is 2.58. The van der Waals surface area contributed by atoms with E-state index in [1.165, 1.54) is 0 Å². The van der Waals surface area contributed by atoms with Crippen molar-refractivity contribution in [3.63, 3.8) is 0 Å². The quantitative estimate of drug-likeness (QED) is 0.265. The Morgan fingerprint density at radius 2 is 1.34 bits per heavy atom. The van der Waals surface area contributed by atoms with Crippen LogP contribution in [0.15, 0.2) is 97.1 Å². The van der Waals surface area contributed by atoms with Crippen LogP contribution >= 0.6 is 0 Å². The molecule has 0 radical (unpaired) electrons. The minimum atomic E-state index is -0.401. The lowest BCUT2D eigenvalue weighted by atomic mass is 9.89. The van der Waals surface area contributed by atoms with E-state index in [1.54, 1.807) is 13.2 Å². The molecule has 0 aromatic heterocycles. The fourth-order valence-corrected chi connectivity index (χ4v) is 3.78. The van der Waals surface area contributed by atoms with Gasteiger partial charge in [-0.05, 0) is 40.1 Å². The van der Waals surface area contributed by atoms with E-state index in [1.807, 2.05) is 91.0 Å². The molecule has 32 heavy (non-hydrogen) atoms. The van der Waals surface area contributed by atoms with E-state index in [0.717, 1.165) is 27.6 Å². The van der Waals surface area contributed by atoms with Gasteiger partial charge in [-0.15, -0.1) is 0 Å². The molecule has 0 fully saturated rings. The van der Waals surface area contributed by atoms with Crippen molar-refractivity contribution < 1.29 is 19.1 Å². The van der Waals surface area contributed by atoms with Crippen LogP contribution in [0.5, 0.6) is 5.75 Å². The van der Waals surface area contributed by atoms with E-state index >= 15 is 0 Å². The number of ketones is 1. The number of benzene rings is 4. The summed E-state index contributed by atoms with van der Waals surface area (Å²) in [6.45, 7) is -0.281. The Bertz CT molecular complexity index is 1180. The Morgan fingerprint density at radius 1 is 0.750 bits per heavy atom. The van der Waals surface area contributed by atoms with E-state index < -0.39 is 5.97 Å². The van der Waals surface area contributed by atoms with Crippen molar-refractivity contribution in [3.05, 3.63) is 114 Å². The Hall–Kier alpha value is -3.92. The third kappa shape index (κ3) is 5.03. The first kappa shape index (κ1) is 21.3. The summed E-state index contributed by atoms with van der Waals surface area (Å²) < 4.78 is 10.6. The number of carbonyl (C=O) groups excluding carboxylic acids is 2. The summed E-state index contributed by atoms with van der Waals surface area (Å²) >= 11 is 0. The normalized spacial score (nSPS) is 10.8. The molecule has 4 nitrogen and oxygen atoms in total. The van der Waals surface area contributed by atoms with Gasteiger partial charge in [0.15, 0.2) is 12.4 Å². The number of methoxy groups -OCH3 is 1. The molecular weight excluding hydrogens is 400 g/mol. The van der Waals surface area contributed by atoms with Gasteiger partial charge in [-0.25, -0.2) is 0 Å². The highest BCUT2D eigenvalue weighted by molar-refractivity contribution is 6.01. The highest BCUT2D eigenvalue weighted by atomic mass is 16.5. The Balaban J connectivity index is 1.43. The van der Waals surface area contributed by atoms with Crippen molar-refractivity contribution in [2.75, 3.05) is 13.7 Å². The highest BCUT2D eigenvalue weighted by Crippen LogP contribution is 2.28. The summed E-state index contributed by atoms with van der Waals surface area (Å²) in [6.07, 6.45) is 0.165. The first-order valence-corrected chi connectivity index (χ1v) is 10.5. The standard InChI is InChI=1S/C28H24O4/c1-31-25-15-14-22-16-24(13-12-23(22)17-25)27(29)19-32-28(30)18-26(20-8-4-2-5-9-20)21-10-6-3-7-11-21/h2-17,26H,18-19H2,1H3. The highest BCUT2D eigenvalue weighted by Gasteiger charge is 2.20. The van der Waals surface area contributed by atoms with Crippen LogP contribution in [0.1, 0.15) is 33.8 Å². The van der Waals surface area contributed by atoms with Gasteiger partial charge in [0.25, 0.3) is 0 Å². The second kappa shape index (κ2) is 9.92. The van der Waals surface area contributed by atoms with E-state index in [0.29, 0.717) is 5.56 Å². The van der Waals surface area contributed by atoms with Crippen molar-refractivity contribution in [3.8, 4) is 5.75 Å². The predicted molar refractivity (Wildman–Crippen MR) is 125 cm³/mol. The zero-order valence-electron chi connectivity index (χ0n) is 17.9. The fourth-order valence-electron chi connectivity index (χ4n) is 3.78. The molecule has 0 heterocycles. The Labute approximate surface area is 187 Å². The van der Waals surface area contributed by atoms with Crippen LogP contribution in [-0.2, 0) is 9.53 Å². The molecule has 0 aliphatic heterocycles. The van der Waals surface area contributed by atoms with Gasteiger partial charge < -0.3 is 9.47 Å². The first-order valence-electron chi connectivity index (χ1n) is 10.5. The first-order chi connectivity index (χ1) is 15.6. The second-order valence-electron chi connectivity index (χ2n) is 7.59. The van der Waals surface area contributed by atoms with E-state index in [2.05, 4.69) is 0 Å². The molecule has 4 rings (SSSR count). The second-order valence-corrected chi connectivity index (χ2v) is 7.59. The van der Waals surface area contributed by atoms with Crippen LogP contribution in [-0.4, -0.2) is 25.5 Å². The molecule has 4 heteroatoms. The molecule has 0 spiro atoms. The van der Waals surface area contributed by atoms with Crippen LogP contribution in [0.4, 0.5) is 0 Å². The van der Waals surface area contributed by atoms with Gasteiger partial charge >= 0.3 is 5.97 Å². The van der Waals surface area contributed by atoms with Gasteiger partial charge in [-0.1, -0.05) is 78.9 Å². The molecule has 0 atom stereocenters. The van der Waals surface area contributed by atoms with Crippen molar-refractivity contribution in [1.29, 1.82) is 0 Å². The number of hydrogen-bond donors (Lipinski definition) is 0. The molecule has 0 unspecified atom stereocenters. The van der Waals surface area contributed by atoms with Crippen LogP contribution < -0.4 is 4.74 Å². The minimum Gasteiger partial charge on any atom is -0.497 e. The number of Topliss-reactive ketones (excluding diaryl/α,β-unsaturated/α-hetero) is 1. The zero-order valence-corrected chi connectivity index (χ0v) is 17.9. The van der Waals surface area contributed by atoms with Crippen molar-refractivity contribution >= 4 is 22.5 Å². The lowest BCUT2D eigenvalue weighted by Gasteiger charge is -2.17. The van der Waals surface area contributed by atoms with Crippen molar-refractivity contribution in [2.24, 2.45) is 0 Å². The largest absolute Gasteiger partial charge is 0.497 e. The van der Waals surface area contributed by atoms with Gasteiger partial charge in [-0.3, -0.25) is 9.59 Å². The van der Waals surface area contributed by atoms with E-state index in [9.17, 15) is 9.59 Å². The Kier molecular flexibility index (Phi) is 6.61. The monoisotopic (exact) mass is 424 g/mol. The third-order valence-electron chi connectivity index (χ3n) is 5.51. The average Bonchev–Trinajstić information content (AvgIpc) is 2.86. The Morgan fingerprint density at radius 3 is 1.97 bits per heavy atom. The molecule has 0 aliphatic rings. The smallest absolute Gasteiger partial charge is 0.307 e. The molecule has 4 aromatic rings. The SMILES string of the molecule is COc1ccc2cc(C(=O)COC(=O)CC(c3ccccc3)c3ccccc3)ccc2c1. The summed E-state index contributed by atoms with van der Waals surface area (Å²) in [5.74, 6) is 0.00108. The summed E-state index contributed by atoms with van der Waals surface area (Å²) in [5, 5.41) is 1.91. The maximum Gasteiger partial charge on any atom is 0.307 e. The minimum absolute atomic E-state index is 0.129.